The Morgan fingerprint density at radius 3 is 2.75 bits per heavy atom. The van der Waals surface area contributed by atoms with E-state index in [0.29, 0.717) is 12.1 Å². The summed E-state index contributed by atoms with van der Waals surface area (Å²) in [7, 11) is 1.36. The molecule has 1 amide bonds. The third kappa shape index (κ3) is 3.04. The molecule has 0 spiro atoms. The lowest BCUT2D eigenvalue weighted by atomic mass is 10.1. The molecule has 0 radical (unpaired) electrons. The zero-order valence-electron chi connectivity index (χ0n) is 14.2. The Bertz CT molecular complexity index is 780. The van der Waals surface area contributed by atoms with Gasteiger partial charge in [0.15, 0.2) is 0 Å². The predicted molar refractivity (Wildman–Crippen MR) is 90.2 cm³/mol. The smallest absolute Gasteiger partial charge is 0.337 e. The Labute approximate surface area is 141 Å². The summed E-state index contributed by atoms with van der Waals surface area (Å²) in [4.78, 5) is 26.0. The molecule has 2 aromatic rings. The SMILES string of the molecule is COC(=O)c1ccc2c(c1)CCN2C(=O)Cc1ccn(C(C)C)n1. The minimum Gasteiger partial charge on any atom is -0.465 e. The first-order valence-corrected chi connectivity index (χ1v) is 8.05. The van der Waals surface area contributed by atoms with E-state index >= 15 is 0 Å². The summed E-state index contributed by atoms with van der Waals surface area (Å²) in [6.07, 6.45) is 2.91. The van der Waals surface area contributed by atoms with Crippen molar-refractivity contribution in [1.82, 2.24) is 9.78 Å². The maximum atomic E-state index is 12.6. The van der Waals surface area contributed by atoms with Gasteiger partial charge in [0.25, 0.3) is 0 Å². The summed E-state index contributed by atoms with van der Waals surface area (Å²) < 4.78 is 6.59. The quantitative estimate of drug-likeness (QED) is 0.809. The molecule has 3 rings (SSSR count). The molecule has 24 heavy (non-hydrogen) atoms. The van der Waals surface area contributed by atoms with Crippen LogP contribution < -0.4 is 4.90 Å². The van der Waals surface area contributed by atoms with Gasteiger partial charge in [-0.2, -0.15) is 5.10 Å². The second-order valence-corrected chi connectivity index (χ2v) is 6.19. The van der Waals surface area contributed by atoms with Gasteiger partial charge in [-0.25, -0.2) is 4.79 Å². The highest BCUT2D eigenvalue weighted by Crippen LogP contribution is 2.29. The topological polar surface area (TPSA) is 64.4 Å². The molecule has 1 aromatic carbocycles. The van der Waals surface area contributed by atoms with Crippen LogP contribution in [0.1, 0.15) is 41.5 Å². The fourth-order valence-electron chi connectivity index (χ4n) is 2.92. The van der Waals surface area contributed by atoms with Crippen molar-refractivity contribution in [3.05, 3.63) is 47.3 Å². The van der Waals surface area contributed by atoms with Crippen LogP contribution >= 0.6 is 0 Å². The first kappa shape index (κ1) is 16.2. The van der Waals surface area contributed by atoms with Crippen molar-refractivity contribution in [3.8, 4) is 0 Å². The molecule has 0 saturated carbocycles. The van der Waals surface area contributed by atoms with Crippen LogP contribution in [-0.4, -0.2) is 35.3 Å². The van der Waals surface area contributed by atoms with Gasteiger partial charge in [0, 0.05) is 24.5 Å². The summed E-state index contributed by atoms with van der Waals surface area (Å²) in [5.41, 5.74) is 3.16. The van der Waals surface area contributed by atoms with Gasteiger partial charge in [0.1, 0.15) is 0 Å². The Hall–Kier alpha value is -2.63. The molecular formula is C18H21N3O3. The summed E-state index contributed by atoms with van der Waals surface area (Å²) in [5, 5.41) is 4.43. The van der Waals surface area contributed by atoms with E-state index in [0.717, 1.165) is 23.4 Å². The fourth-order valence-corrected chi connectivity index (χ4v) is 2.92. The number of methoxy groups -OCH3 is 1. The van der Waals surface area contributed by atoms with Crippen LogP contribution in [0.15, 0.2) is 30.5 Å². The molecule has 6 heteroatoms. The van der Waals surface area contributed by atoms with Gasteiger partial charge < -0.3 is 9.64 Å². The second kappa shape index (κ2) is 6.47. The summed E-state index contributed by atoms with van der Waals surface area (Å²) >= 11 is 0. The van der Waals surface area contributed by atoms with Crippen LogP contribution in [0, 0.1) is 0 Å². The van der Waals surface area contributed by atoms with E-state index in [1.807, 2.05) is 42.9 Å². The zero-order chi connectivity index (χ0) is 17.3. The van der Waals surface area contributed by atoms with E-state index < -0.39 is 0 Å². The maximum absolute atomic E-state index is 12.6. The molecule has 1 aliphatic rings. The number of benzene rings is 1. The maximum Gasteiger partial charge on any atom is 0.337 e. The van der Waals surface area contributed by atoms with Crippen molar-refractivity contribution >= 4 is 17.6 Å². The molecule has 126 valence electrons. The van der Waals surface area contributed by atoms with Gasteiger partial charge in [-0.3, -0.25) is 9.48 Å². The first-order valence-electron chi connectivity index (χ1n) is 8.05. The third-order valence-corrected chi connectivity index (χ3v) is 4.22. The number of carbonyl (C=O) groups is 2. The van der Waals surface area contributed by atoms with E-state index in [-0.39, 0.29) is 24.3 Å². The van der Waals surface area contributed by atoms with Crippen LogP contribution in [0.4, 0.5) is 5.69 Å². The van der Waals surface area contributed by atoms with Gasteiger partial charge >= 0.3 is 5.97 Å². The Morgan fingerprint density at radius 2 is 2.08 bits per heavy atom. The van der Waals surface area contributed by atoms with Crippen LogP contribution in [0.25, 0.3) is 0 Å². The molecule has 0 saturated heterocycles. The van der Waals surface area contributed by atoms with Gasteiger partial charge in [-0.15, -0.1) is 0 Å². The Balaban J connectivity index is 1.75. The van der Waals surface area contributed by atoms with Crippen molar-refractivity contribution in [2.45, 2.75) is 32.7 Å². The van der Waals surface area contributed by atoms with E-state index in [2.05, 4.69) is 5.10 Å². The van der Waals surface area contributed by atoms with Crippen LogP contribution in [0.2, 0.25) is 0 Å². The predicted octanol–water partition coefficient (Wildman–Crippen LogP) is 2.38. The molecule has 1 aromatic heterocycles. The van der Waals surface area contributed by atoms with Gasteiger partial charge in [0.2, 0.25) is 5.91 Å². The van der Waals surface area contributed by atoms with Crippen LogP contribution in [0.3, 0.4) is 0 Å². The number of amides is 1. The van der Waals surface area contributed by atoms with Crippen LogP contribution in [-0.2, 0) is 22.4 Å². The lowest BCUT2D eigenvalue weighted by Crippen LogP contribution is -2.30. The monoisotopic (exact) mass is 327 g/mol. The highest BCUT2D eigenvalue weighted by Gasteiger charge is 2.26. The molecule has 6 nitrogen and oxygen atoms in total. The van der Waals surface area contributed by atoms with Gasteiger partial charge in [0.05, 0.1) is 24.8 Å². The average molecular weight is 327 g/mol. The number of esters is 1. The van der Waals surface area contributed by atoms with Crippen molar-refractivity contribution < 1.29 is 14.3 Å². The van der Waals surface area contributed by atoms with E-state index in [1.54, 1.807) is 11.0 Å². The lowest BCUT2D eigenvalue weighted by Gasteiger charge is -2.17. The van der Waals surface area contributed by atoms with E-state index in [1.165, 1.54) is 7.11 Å². The minimum absolute atomic E-state index is 0.0218. The second-order valence-electron chi connectivity index (χ2n) is 6.19. The number of aromatic nitrogens is 2. The van der Waals surface area contributed by atoms with Crippen molar-refractivity contribution in [2.24, 2.45) is 0 Å². The largest absolute Gasteiger partial charge is 0.465 e. The molecular weight excluding hydrogens is 306 g/mol. The minimum atomic E-state index is -0.359. The fraction of sp³-hybridized carbons (Fsp3) is 0.389. The third-order valence-electron chi connectivity index (χ3n) is 4.22. The first-order chi connectivity index (χ1) is 11.5. The van der Waals surface area contributed by atoms with E-state index in [4.69, 9.17) is 4.74 Å². The number of fused-ring (bicyclic) bond motifs is 1. The summed E-state index contributed by atoms with van der Waals surface area (Å²) in [6, 6.07) is 7.48. The molecule has 0 aliphatic carbocycles. The highest BCUT2D eigenvalue weighted by atomic mass is 16.5. The molecule has 0 fully saturated rings. The number of nitrogens with zero attached hydrogens (tertiary/aromatic N) is 3. The lowest BCUT2D eigenvalue weighted by molar-refractivity contribution is -0.117. The van der Waals surface area contributed by atoms with Crippen molar-refractivity contribution in [2.75, 3.05) is 18.6 Å². The van der Waals surface area contributed by atoms with Crippen molar-refractivity contribution in [1.29, 1.82) is 0 Å². The molecule has 0 bridgehead atoms. The molecule has 0 N–H and O–H groups in total. The van der Waals surface area contributed by atoms with Gasteiger partial charge in [-0.05, 0) is 50.1 Å². The Morgan fingerprint density at radius 1 is 1.29 bits per heavy atom. The van der Waals surface area contributed by atoms with Crippen LogP contribution in [0.5, 0.6) is 0 Å². The summed E-state index contributed by atoms with van der Waals surface area (Å²) in [5.74, 6) is -0.338. The molecule has 1 aliphatic heterocycles. The number of anilines is 1. The number of ether oxygens (including phenoxy) is 1. The van der Waals surface area contributed by atoms with Crippen molar-refractivity contribution in [3.63, 3.8) is 0 Å². The highest BCUT2D eigenvalue weighted by molar-refractivity contribution is 5.98. The van der Waals surface area contributed by atoms with Gasteiger partial charge in [-0.1, -0.05) is 0 Å². The normalized spacial score (nSPS) is 13.2. The Kier molecular flexibility index (Phi) is 4.38. The molecule has 0 unspecified atom stereocenters. The zero-order valence-corrected chi connectivity index (χ0v) is 14.2. The summed E-state index contributed by atoms with van der Waals surface area (Å²) in [6.45, 7) is 4.73. The molecule has 2 heterocycles. The number of rotatable bonds is 4. The molecule has 0 atom stereocenters. The number of carbonyl (C=O) groups excluding carboxylic acids is 2. The average Bonchev–Trinajstić information content (AvgIpc) is 3.20. The number of hydrogen-bond acceptors (Lipinski definition) is 4. The number of hydrogen-bond donors (Lipinski definition) is 0. The standard InChI is InChI=1S/C18H21N3O3/c1-12(2)21-9-7-15(19-21)11-17(22)20-8-6-13-10-14(18(23)24-3)4-5-16(13)20/h4-5,7,9-10,12H,6,8,11H2,1-3H3. The van der Waals surface area contributed by atoms with E-state index in [9.17, 15) is 9.59 Å².